The molecular formula is C14H19N5O4S2. The highest BCUT2D eigenvalue weighted by atomic mass is 32.2. The average Bonchev–Trinajstić information content (AvgIpc) is 2.49. The highest BCUT2D eigenvalue weighted by molar-refractivity contribution is 7.85. The minimum absolute atomic E-state index is 0.113. The van der Waals surface area contributed by atoms with Crippen LogP contribution in [0.1, 0.15) is 11.3 Å². The van der Waals surface area contributed by atoms with E-state index in [0.717, 1.165) is 22.0 Å². The number of thiocarbonyl (C=S) groups is 1. The van der Waals surface area contributed by atoms with E-state index in [2.05, 4.69) is 27.7 Å². The molecule has 1 aromatic heterocycles. The first-order chi connectivity index (χ1) is 11.7. The zero-order valence-corrected chi connectivity index (χ0v) is 15.0. The quantitative estimate of drug-likeness (QED) is 0.162. The Hall–Kier alpha value is -2.34. The summed E-state index contributed by atoms with van der Waals surface area (Å²) in [7, 11) is -3.92. The molecule has 11 heteroatoms. The number of aryl methyl sites for hydroxylation is 1. The van der Waals surface area contributed by atoms with E-state index in [-0.39, 0.29) is 5.11 Å². The van der Waals surface area contributed by atoms with Crippen molar-refractivity contribution in [2.24, 2.45) is 10.8 Å². The summed E-state index contributed by atoms with van der Waals surface area (Å²) in [6.45, 7) is 1.44. The first-order valence-corrected chi connectivity index (χ1v) is 8.95. The van der Waals surface area contributed by atoms with Crippen LogP contribution in [0.4, 0.5) is 5.69 Å². The zero-order valence-electron chi connectivity index (χ0n) is 13.4. The number of benzene rings is 1. The summed E-state index contributed by atoms with van der Waals surface area (Å²) in [6.07, 6.45) is 3.33. The molecule has 1 heterocycles. The summed E-state index contributed by atoms with van der Waals surface area (Å²) < 4.78 is 27.1. The van der Waals surface area contributed by atoms with Crippen LogP contribution in [-0.4, -0.2) is 46.7 Å². The molecule has 136 valence electrons. The number of aliphatic hydroxyl groups is 1. The molecular weight excluding hydrogens is 366 g/mol. The Morgan fingerprint density at radius 3 is 2.68 bits per heavy atom. The van der Waals surface area contributed by atoms with Crippen molar-refractivity contribution in [2.45, 2.75) is 6.92 Å². The molecule has 7 N–H and O–H groups in total. The number of nitrogens with zero attached hydrogens (tertiary/aromatic N) is 2. The van der Waals surface area contributed by atoms with E-state index in [9.17, 15) is 8.42 Å². The smallest absolute Gasteiger partial charge is 0.267 e. The fourth-order valence-electron chi connectivity index (χ4n) is 1.90. The minimum Gasteiger partial charge on any atom is -0.398 e. The van der Waals surface area contributed by atoms with Crippen molar-refractivity contribution in [2.75, 3.05) is 18.1 Å². The maximum absolute atomic E-state index is 9.63. The number of aliphatic hydroxyl groups excluding tert-OH is 1. The van der Waals surface area contributed by atoms with Gasteiger partial charge in [0.25, 0.3) is 10.1 Å². The molecule has 0 atom stereocenters. The molecule has 9 nitrogen and oxygen atoms in total. The van der Waals surface area contributed by atoms with Gasteiger partial charge in [-0.15, -0.1) is 0 Å². The van der Waals surface area contributed by atoms with Crippen LogP contribution >= 0.6 is 12.2 Å². The molecule has 0 amide bonds. The maximum atomic E-state index is 9.63. The van der Waals surface area contributed by atoms with Crippen molar-refractivity contribution in [3.05, 3.63) is 35.7 Å². The number of fused-ring (bicyclic) bond motifs is 1. The van der Waals surface area contributed by atoms with Crippen LogP contribution in [0.15, 0.2) is 29.5 Å². The Balaban J connectivity index is 0.000000381. The average molecular weight is 385 g/mol. The van der Waals surface area contributed by atoms with Crippen LogP contribution < -0.4 is 16.9 Å². The second-order valence-corrected chi connectivity index (χ2v) is 6.85. The molecule has 25 heavy (non-hydrogen) atoms. The number of hydrazone groups is 1. The van der Waals surface area contributed by atoms with E-state index in [1.54, 1.807) is 12.4 Å². The van der Waals surface area contributed by atoms with Crippen molar-refractivity contribution in [1.82, 2.24) is 10.4 Å². The summed E-state index contributed by atoms with van der Waals surface area (Å²) in [4.78, 5) is 4.32. The lowest BCUT2D eigenvalue weighted by Gasteiger charge is -2.07. The fraction of sp³-hybridized carbons (Fsp3) is 0.214. The second-order valence-electron chi connectivity index (χ2n) is 4.84. The Morgan fingerprint density at radius 2 is 2.16 bits per heavy atom. The molecule has 0 unspecified atom stereocenters. The van der Waals surface area contributed by atoms with Gasteiger partial charge in [0.15, 0.2) is 5.11 Å². The van der Waals surface area contributed by atoms with Crippen molar-refractivity contribution in [3.63, 3.8) is 0 Å². The summed E-state index contributed by atoms with van der Waals surface area (Å²) in [5.74, 6) is -0.576. The number of aromatic nitrogens is 1. The van der Waals surface area contributed by atoms with Gasteiger partial charge >= 0.3 is 0 Å². The molecule has 0 saturated carbocycles. The molecule has 2 aromatic rings. The van der Waals surface area contributed by atoms with E-state index in [1.165, 1.54) is 0 Å². The van der Waals surface area contributed by atoms with Crippen molar-refractivity contribution in [3.8, 4) is 0 Å². The van der Waals surface area contributed by atoms with Crippen LogP contribution in [0.2, 0.25) is 0 Å². The molecule has 1 aromatic carbocycles. The van der Waals surface area contributed by atoms with Gasteiger partial charge in [-0.05, 0) is 30.8 Å². The van der Waals surface area contributed by atoms with Gasteiger partial charge in [0.1, 0.15) is 0 Å². The van der Waals surface area contributed by atoms with Crippen molar-refractivity contribution in [1.29, 1.82) is 0 Å². The number of pyridine rings is 1. The van der Waals surface area contributed by atoms with E-state index in [4.69, 9.17) is 21.1 Å². The topological polar surface area (TPSA) is 164 Å². The standard InChI is InChI=1S/C12H13N5S.C2H6O4S/c1-7-5-15-10(6-16-17-12(14)18)8-3-2-4-9(13)11(7)8;3-1-2-7(4,5)6/h2-6H,13H2,1H3,(H3,14,17,18);3H,1-2H2,(H,4,5,6)/b16-6-;. The molecule has 0 spiro atoms. The van der Waals surface area contributed by atoms with Gasteiger partial charge < -0.3 is 16.6 Å². The number of nitrogens with one attached hydrogen (secondary N) is 1. The molecule has 0 aliphatic rings. The van der Waals surface area contributed by atoms with Gasteiger partial charge in [0.05, 0.1) is 24.3 Å². The molecule has 0 saturated heterocycles. The van der Waals surface area contributed by atoms with Crippen molar-refractivity contribution >= 4 is 50.1 Å². The Kier molecular flexibility index (Phi) is 7.64. The monoisotopic (exact) mass is 385 g/mol. The lowest BCUT2D eigenvalue weighted by Crippen LogP contribution is -2.24. The maximum Gasteiger partial charge on any atom is 0.267 e. The molecule has 0 aliphatic carbocycles. The first kappa shape index (κ1) is 20.7. The summed E-state index contributed by atoms with van der Waals surface area (Å²) in [6, 6.07) is 5.70. The lowest BCUT2D eigenvalue weighted by atomic mass is 10.0. The van der Waals surface area contributed by atoms with Gasteiger partial charge in [0, 0.05) is 22.7 Å². The summed E-state index contributed by atoms with van der Waals surface area (Å²) in [5.41, 5.74) is 16.2. The second kappa shape index (κ2) is 9.22. The minimum atomic E-state index is -3.92. The van der Waals surface area contributed by atoms with E-state index in [0.29, 0.717) is 5.69 Å². The normalized spacial score (nSPS) is 11.2. The highest BCUT2D eigenvalue weighted by Crippen LogP contribution is 2.25. The molecule has 2 rings (SSSR count). The number of nitrogen functional groups attached to an aromatic ring is 1. The SMILES string of the molecule is Cc1cnc(/C=N\NC(N)=S)c2cccc(N)c12.O=S(=O)(O)CCO. The first-order valence-electron chi connectivity index (χ1n) is 6.94. The van der Waals surface area contributed by atoms with Gasteiger partial charge in [-0.1, -0.05) is 12.1 Å². The lowest BCUT2D eigenvalue weighted by molar-refractivity contribution is 0.315. The predicted octanol–water partition coefficient (Wildman–Crippen LogP) is 0.159. The van der Waals surface area contributed by atoms with Crippen LogP contribution in [-0.2, 0) is 10.1 Å². The van der Waals surface area contributed by atoms with Crippen molar-refractivity contribution < 1.29 is 18.1 Å². The predicted molar refractivity (Wildman–Crippen MR) is 102 cm³/mol. The third-order valence-electron chi connectivity index (χ3n) is 2.88. The van der Waals surface area contributed by atoms with Crippen LogP contribution in [0.3, 0.4) is 0 Å². The number of anilines is 1. The molecule has 0 radical (unpaired) electrons. The van der Waals surface area contributed by atoms with Gasteiger partial charge in [0.2, 0.25) is 0 Å². The fourth-order valence-corrected chi connectivity index (χ4v) is 2.18. The Morgan fingerprint density at radius 1 is 1.48 bits per heavy atom. The van der Waals surface area contributed by atoms with Gasteiger partial charge in [-0.25, -0.2) is 0 Å². The van der Waals surface area contributed by atoms with Gasteiger partial charge in [-0.2, -0.15) is 13.5 Å². The van der Waals surface area contributed by atoms with Crippen LogP contribution in [0, 0.1) is 6.92 Å². The Labute approximate surface area is 150 Å². The third-order valence-corrected chi connectivity index (χ3v) is 3.66. The third kappa shape index (κ3) is 6.97. The van der Waals surface area contributed by atoms with E-state index in [1.807, 2.05) is 25.1 Å². The Bertz CT molecular complexity index is 876. The summed E-state index contributed by atoms with van der Waals surface area (Å²) >= 11 is 4.66. The number of nitrogens with two attached hydrogens (primary N) is 2. The zero-order chi connectivity index (χ0) is 19.0. The molecule has 0 bridgehead atoms. The molecule has 0 fully saturated rings. The highest BCUT2D eigenvalue weighted by Gasteiger charge is 2.05. The number of rotatable bonds is 4. The van der Waals surface area contributed by atoms with E-state index < -0.39 is 22.5 Å². The van der Waals surface area contributed by atoms with E-state index >= 15 is 0 Å². The number of hydrogen-bond donors (Lipinski definition) is 5. The van der Waals surface area contributed by atoms with Gasteiger partial charge in [-0.3, -0.25) is 15.0 Å². The summed E-state index contributed by atoms with van der Waals surface area (Å²) in [5, 5.41) is 13.8. The molecule has 0 aliphatic heterocycles. The van der Waals surface area contributed by atoms with Crippen LogP contribution in [0.5, 0.6) is 0 Å². The largest absolute Gasteiger partial charge is 0.398 e. The number of hydrogen-bond acceptors (Lipinski definition) is 7. The van der Waals surface area contributed by atoms with Crippen LogP contribution in [0.25, 0.3) is 10.8 Å².